The molecule has 0 radical (unpaired) electrons. The molecule has 0 saturated carbocycles. The van der Waals surface area contributed by atoms with Gasteiger partial charge in [-0.1, -0.05) is 11.2 Å². The highest BCUT2D eigenvalue weighted by atomic mass is 16.7. The first kappa shape index (κ1) is 20.4. The Labute approximate surface area is 186 Å². The molecule has 3 heterocycles. The number of hydrogen-bond donors (Lipinski definition) is 0. The first-order valence-electron chi connectivity index (χ1n) is 10.9. The summed E-state index contributed by atoms with van der Waals surface area (Å²) >= 11 is 0. The van der Waals surface area contributed by atoms with Crippen molar-refractivity contribution >= 4 is 5.91 Å². The van der Waals surface area contributed by atoms with Crippen LogP contribution in [0.5, 0.6) is 17.2 Å². The maximum atomic E-state index is 13.4. The molecule has 3 aromatic rings. The minimum atomic E-state index is -0.0175. The zero-order valence-corrected chi connectivity index (χ0v) is 18.3. The number of methoxy groups -OCH3 is 1. The van der Waals surface area contributed by atoms with Crippen molar-refractivity contribution in [2.24, 2.45) is 5.92 Å². The van der Waals surface area contributed by atoms with Crippen molar-refractivity contribution in [3.63, 3.8) is 0 Å². The second kappa shape index (κ2) is 8.57. The molecule has 7 heteroatoms. The Morgan fingerprint density at radius 3 is 2.59 bits per heavy atom. The minimum Gasteiger partial charge on any atom is -0.497 e. The number of ether oxygens (including phenoxy) is 3. The zero-order valence-electron chi connectivity index (χ0n) is 18.3. The molecule has 0 aliphatic carbocycles. The summed E-state index contributed by atoms with van der Waals surface area (Å²) in [5, 5.41) is 4.07. The van der Waals surface area contributed by atoms with Crippen LogP contribution in [0.25, 0.3) is 11.3 Å². The number of aryl methyl sites for hydroxylation is 1. The van der Waals surface area contributed by atoms with Crippen LogP contribution in [0.4, 0.5) is 0 Å². The molecule has 1 aromatic heterocycles. The Kier molecular flexibility index (Phi) is 5.47. The predicted molar refractivity (Wildman–Crippen MR) is 118 cm³/mol. The van der Waals surface area contributed by atoms with Gasteiger partial charge in [-0.25, -0.2) is 0 Å². The standard InChI is InChI=1S/C25H26N2O5/c1-16-23(24(32-26-16)19-4-6-20(29-2)7-5-19)25(28)27-11-9-17(10-12-27)13-18-3-8-21-22(14-18)31-15-30-21/h3-8,14,17H,9-13,15H2,1-2H3. The van der Waals surface area contributed by atoms with Crippen LogP contribution in [0, 0.1) is 12.8 Å². The van der Waals surface area contributed by atoms with Crippen molar-refractivity contribution in [3.05, 3.63) is 59.3 Å². The number of piperidine rings is 1. The van der Waals surface area contributed by atoms with E-state index in [1.807, 2.05) is 42.2 Å². The SMILES string of the molecule is COc1ccc(-c2onc(C)c2C(=O)N2CCC(Cc3ccc4c(c3)OCO4)CC2)cc1. The third-order valence-corrected chi connectivity index (χ3v) is 6.29. The Morgan fingerprint density at radius 2 is 1.84 bits per heavy atom. The summed E-state index contributed by atoms with van der Waals surface area (Å²) in [5.74, 6) is 3.41. The highest BCUT2D eigenvalue weighted by Gasteiger charge is 2.29. The van der Waals surface area contributed by atoms with Crippen LogP contribution in [0.1, 0.15) is 34.5 Å². The molecule has 0 bridgehead atoms. The predicted octanol–water partition coefficient (Wildman–Crippen LogP) is 4.48. The molecule has 7 nitrogen and oxygen atoms in total. The molecule has 0 atom stereocenters. The van der Waals surface area contributed by atoms with E-state index >= 15 is 0 Å². The van der Waals surface area contributed by atoms with E-state index in [4.69, 9.17) is 18.7 Å². The monoisotopic (exact) mass is 434 g/mol. The summed E-state index contributed by atoms with van der Waals surface area (Å²) < 4.78 is 21.7. The lowest BCUT2D eigenvalue weighted by Crippen LogP contribution is -2.39. The van der Waals surface area contributed by atoms with E-state index in [-0.39, 0.29) is 5.91 Å². The lowest BCUT2D eigenvalue weighted by molar-refractivity contribution is 0.0690. The molecular weight excluding hydrogens is 408 g/mol. The van der Waals surface area contributed by atoms with Crippen LogP contribution in [0.3, 0.4) is 0 Å². The molecule has 0 spiro atoms. The second-order valence-corrected chi connectivity index (χ2v) is 8.33. The molecule has 32 heavy (non-hydrogen) atoms. The van der Waals surface area contributed by atoms with Gasteiger partial charge >= 0.3 is 0 Å². The normalized spacial score (nSPS) is 15.8. The maximum Gasteiger partial charge on any atom is 0.259 e. The first-order chi connectivity index (χ1) is 15.6. The van der Waals surface area contributed by atoms with E-state index in [0.717, 1.165) is 55.2 Å². The molecule has 2 aliphatic heterocycles. The number of carbonyl (C=O) groups is 1. The highest BCUT2D eigenvalue weighted by molar-refractivity contribution is 6.00. The second-order valence-electron chi connectivity index (χ2n) is 8.33. The van der Waals surface area contributed by atoms with Crippen LogP contribution in [-0.2, 0) is 6.42 Å². The van der Waals surface area contributed by atoms with E-state index in [0.29, 0.717) is 29.7 Å². The number of amides is 1. The van der Waals surface area contributed by atoms with Gasteiger partial charge in [0.1, 0.15) is 11.3 Å². The van der Waals surface area contributed by atoms with Crippen molar-refractivity contribution in [3.8, 4) is 28.6 Å². The Balaban J connectivity index is 1.25. The molecular formula is C25H26N2O5. The fourth-order valence-electron chi connectivity index (χ4n) is 4.46. The van der Waals surface area contributed by atoms with Gasteiger partial charge < -0.3 is 23.6 Å². The number of likely N-dealkylation sites (tertiary alicyclic amines) is 1. The number of rotatable bonds is 5. The maximum absolute atomic E-state index is 13.4. The molecule has 2 aliphatic rings. The van der Waals surface area contributed by atoms with Crippen molar-refractivity contribution in [2.45, 2.75) is 26.2 Å². The molecule has 1 amide bonds. The van der Waals surface area contributed by atoms with Crippen molar-refractivity contribution in [1.29, 1.82) is 0 Å². The smallest absolute Gasteiger partial charge is 0.259 e. The van der Waals surface area contributed by atoms with E-state index in [1.54, 1.807) is 7.11 Å². The van der Waals surface area contributed by atoms with Gasteiger partial charge in [-0.3, -0.25) is 4.79 Å². The van der Waals surface area contributed by atoms with E-state index in [2.05, 4.69) is 17.3 Å². The Morgan fingerprint density at radius 1 is 1.09 bits per heavy atom. The summed E-state index contributed by atoms with van der Waals surface area (Å²) in [6.45, 7) is 3.55. The largest absolute Gasteiger partial charge is 0.497 e. The minimum absolute atomic E-state index is 0.0175. The van der Waals surface area contributed by atoms with Crippen LogP contribution in [0.15, 0.2) is 47.0 Å². The Hall–Kier alpha value is -3.48. The molecule has 5 rings (SSSR count). The molecule has 0 unspecified atom stereocenters. The number of hydrogen-bond acceptors (Lipinski definition) is 6. The fourth-order valence-corrected chi connectivity index (χ4v) is 4.46. The topological polar surface area (TPSA) is 74.0 Å². The average Bonchev–Trinajstić information content (AvgIpc) is 3.45. The fraction of sp³-hybridized carbons (Fsp3) is 0.360. The number of aromatic nitrogens is 1. The molecule has 1 saturated heterocycles. The lowest BCUT2D eigenvalue weighted by Gasteiger charge is -2.32. The molecule has 2 aromatic carbocycles. The van der Waals surface area contributed by atoms with Crippen LogP contribution < -0.4 is 14.2 Å². The highest BCUT2D eigenvalue weighted by Crippen LogP contribution is 2.34. The first-order valence-corrected chi connectivity index (χ1v) is 10.9. The van der Waals surface area contributed by atoms with Gasteiger partial charge in [0.05, 0.1) is 12.8 Å². The van der Waals surface area contributed by atoms with Gasteiger partial charge in [-0.15, -0.1) is 0 Å². The van der Waals surface area contributed by atoms with Gasteiger partial charge in [0.2, 0.25) is 6.79 Å². The molecule has 0 N–H and O–H groups in total. The molecule has 1 fully saturated rings. The van der Waals surface area contributed by atoms with Gasteiger partial charge in [0, 0.05) is 18.7 Å². The third kappa shape index (κ3) is 3.90. The summed E-state index contributed by atoms with van der Waals surface area (Å²) in [7, 11) is 1.62. The lowest BCUT2D eigenvalue weighted by atomic mass is 9.89. The van der Waals surface area contributed by atoms with Crippen LogP contribution in [0.2, 0.25) is 0 Å². The van der Waals surface area contributed by atoms with Gasteiger partial charge in [0.15, 0.2) is 17.3 Å². The number of benzene rings is 2. The van der Waals surface area contributed by atoms with Crippen molar-refractivity contribution < 1.29 is 23.5 Å². The summed E-state index contributed by atoms with van der Waals surface area (Å²) in [6, 6.07) is 13.6. The van der Waals surface area contributed by atoms with Gasteiger partial charge in [-0.05, 0) is 74.1 Å². The van der Waals surface area contributed by atoms with Crippen LogP contribution >= 0.6 is 0 Å². The summed E-state index contributed by atoms with van der Waals surface area (Å²) in [6.07, 6.45) is 2.90. The third-order valence-electron chi connectivity index (χ3n) is 6.29. The number of fused-ring (bicyclic) bond motifs is 1. The quantitative estimate of drug-likeness (QED) is 0.589. The zero-order chi connectivity index (χ0) is 22.1. The van der Waals surface area contributed by atoms with E-state index < -0.39 is 0 Å². The van der Waals surface area contributed by atoms with Crippen LogP contribution in [-0.4, -0.2) is 43.0 Å². The average molecular weight is 434 g/mol. The van der Waals surface area contributed by atoms with Crippen molar-refractivity contribution in [2.75, 3.05) is 27.0 Å². The summed E-state index contributed by atoms with van der Waals surface area (Å²) in [5.41, 5.74) is 3.22. The Bertz CT molecular complexity index is 1110. The van der Waals surface area contributed by atoms with Gasteiger partial charge in [-0.2, -0.15) is 0 Å². The van der Waals surface area contributed by atoms with E-state index in [9.17, 15) is 4.79 Å². The van der Waals surface area contributed by atoms with Gasteiger partial charge in [0.25, 0.3) is 5.91 Å². The molecule has 166 valence electrons. The van der Waals surface area contributed by atoms with Crippen molar-refractivity contribution in [1.82, 2.24) is 10.1 Å². The number of nitrogens with zero attached hydrogens (tertiary/aromatic N) is 2. The summed E-state index contributed by atoms with van der Waals surface area (Å²) in [4.78, 5) is 15.3. The van der Waals surface area contributed by atoms with E-state index in [1.165, 1.54) is 5.56 Å². The number of carbonyl (C=O) groups excluding carboxylic acids is 1.